The molecule has 0 unspecified atom stereocenters. The van der Waals surface area contributed by atoms with E-state index in [9.17, 15) is 4.79 Å². The van der Waals surface area contributed by atoms with Crippen LogP contribution in [-0.2, 0) is 5.41 Å². The molecule has 2 aromatic rings. The predicted octanol–water partition coefficient (Wildman–Crippen LogP) is 4.35. The Morgan fingerprint density at radius 1 is 1.17 bits per heavy atom. The number of hydrogen-bond donors (Lipinski definition) is 2. The van der Waals surface area contributed by atoms with Gasteiger partial charge in [-0.25, -0.2) is 4.79 Å². The fourth-order valence-corrected chi connectivity index (χ4v) is 2.10. The molecule has 2 rings (SSSR count). The van der Waals surface area contributed by atoms with E-state index >= 15 is 0 Å². The Kier molecular flexibility index (Phi) is 5.95. The molecule has 0 atom stereocenters. The van der Waals surface area contributed by atoms with Crippen LogP contribution in [0.4, 0.5) is 10.5 Å². The maximum absolute atomic E-state index is 11.8. The van der Waals surface area contributed by atoms with Crippen molar-refractivity contribution in [2.24, 2.45) is 0 Å². The number of benzene rings is 1. The zero-order valence-electron chi connectivity index (χ0n) is 14.8. The van der Waals surface area contributed by atoms with Gasteiger partial charge in [0, 0.05) is 23.2 Å². The van der Waals surface area contributed by atoms with Gasteiger partial charge in [-0.2, -0.15) is 4.98 Å². The minimum atomic E-state index is -0.187. The third kappa shape index (κ3) is 5.08. The van der Waals surface area contributed by atoms with Crippen LogP contribution in [0, 0.1) is 0 Å². The number of carbonyl (C=O) groups excluding carboxylic acids is 1. The fourth-order valence-electron chi connectivity index (χ4n) is 2.10. The van der Waals surface area contributed by atoms with E-state index in [0.29, 0.717) is 18.3 Å². The van der Waals surface area contributed by atoms with Gasteiger partial charge in [0.2, 0.25) is 11.7 Å². The summed E-state index contributed by atoms with van der Waals surface area (Å²) in [7, 11) is 0. The van der Waals surface area contributed by atoms with Crippen LogP contribution in [-0.4, -0.2) is 22.7 Å². The van der Waals surface area contributed by atoms with Gasteiger partial charge in [-0.15, -0.1) is 0 Å². The summed E-state index contributed by atoms with van der Waals surface area (Å²) in [5.74, 6) is 1.15. The summed E-state index contributed by atoms with van der Waals surface area (Å²) >= 11 is 0. The van der Waals surface area contributed by atoms with Crippen LogP contribution >= 0.6 is 0 Å². The minimum absolute atomic E-state index is 0.178. The zero-order valence-corrected chi connectivity index (χ0v) is 14.8. The van der Waals surface area contributed by atoms with Crippen molar-refractivity contribution in [3.63, 3.8) is 0 Å². The van der Waals surface area contributed by atoms with Crippen LogP contribution in [0.3, 0.4) is 0 Å². The van der Waals surface area contributed by atoms with Gasteiger partial charge in [-0.1, -0.05) is 45.7 Å². The average Bonchev–Trinajstić information content (AvgIpc) is 3.02. The first-order valence-electron chi connectivity index (χ1n) is 8.39. The molecule has 0 radical (unpaired) electrons. The Morgan fingerprint density at radius 3 is 2.46 bits per heavy atom. The van der Waals surface area contributed by atoms with E-state index in [2.05, 4.69) is 27.7 Å². The lowest BCUT2D eigenvalue weighted by molar-refractivity contribution is 0.252. The van der Waals surface area contributed by atoms with Crippen LogP contribution < -0.4 is 10.6 Å². The van der Waals surface area contributed by atoms with Gasteiger partial charge in [0.05, 0.1) is 0 Å². The molecule has 130 valence electrons. The van der Waals surface area contributed by atoms with Gasteiger partial charge in [-0.05, 0) is 30.7 Å². The average molecular weight is 330 g/mol. The van der Waals surface area contributed by atoms with Crippen LogP contribution in [0.15, 0.2) is 28.8 Å². The minimum Gasteiger partial charge on any atom is -0.338 e. The molecule has 0 saturated carbocycles. The topological polar surface area (TPSA) is 80.0 Å². The number of hydrogen-bond acceptors (Lipinski definition) is 4. The van der Waals surface area contributed by atoms with Crippen LogP contribution in [0.1, 0.15) is 52.8 Å². The third-order valence-electron chi connectivity index (χ3n) is 3.53. The summed E-state index contributed by atoms with van der Waals surface area (Å²) in [6, 6.07) is 7.20. The zero-order chi connectivity index (χ0) is 17.6. The smallest absolute Gasteiger partial charge is 0.319 e. The second-order valence-corrected chi connectivity index (χ2v) is 6.84. The molecule has 0 aliphatic rings. The molecule has 0 aliphatic carbocycles. The highest BCUT2D eigenvalue weighted by molar-refractivity contribution is 5.89. The van der Waals surface area contributed by atoms with Crippen molar-refractivity contribution >= 4 is 11.7 Å². The van der Waals surface area contributed by atoms with Gasteiger partial charge >= 0.3 is 6.03 Å². The van der Waals surface area contributed by atoms with Gasteiger partial charge in [0.15, 0.2) is 0 Å². The maximum atomic E-state index is 11.8. The number of anilines is 1. The summed E-state index contributed by atoms with van der Waals surface area (Å²) in [6.45, 7) is 8.90. The second-order valence-electron chi connectivity index (χ2n) is 6.84. The van der Waals surface area contributed by atoms with Crippen LogP contribution in [0.2, 0.25) is 0 Å². The molecule has 1 aromatic heterocycles. The number of urea groups is 1. The van der Waals surface area contributed by atoms with E-state index in [4.69, 9.17) is 4.52 Å². The summed E-state index contributed by atoms with van der Waals surface area (Å²) < 4.78 is 5.30. The number of amides is 2. The van der Waals surface area contributed by atoms with Gasteiger partial charge in [-0.3, -0.25) is 0 Å². The van der Waals surface area contributed by atoms with E-state index < -0.39 is 0 Å². The number of aromatic nitrogens is 2. The maximum Gasteiger partial charge on any atom is 0.319 e. The number of unbranched alkanes of at least 4 members (excludes halogenated alkanes) is 2. The van der Waals surface area contributed by atoms with E-state index in [1.807, 2.05) is 45.0 Å². The fraction of sp³-hybridized carbons (Fsp3) is 0.500. The highest BCUT2D eigenvalue weighted by Gasteiger charge is 2.22. The Labute approximate surface area is 143 Å². The van der Waals surface area contributed by atoms with E-state index in [-0.39, 0.29) is 11.4 Å². The molecule has 1 heterocycles. The SMILES string of the molecule is CCCCCNC(=O)Nc1ccc(-c2noc(C(C)(C)C)n2)cc1. The molecule has 0 aliphatic heterocycles. The summed E-state index contributed by atoms with van der Waals surface area (Å²) in [5, 5.41) is 9.67. The van der Waals surface area contributed by atoms with Crippen molar-refractivity contribution in [1.29, 1.82) is 0 Å². The summed E-state index contributed by atoms with van der Waals surface area (Å²) in [5.41, 5.74) is 1.40. The molecule has 2 N–H and O–H groups in total. The van der Waals surface area contributed by atoms with Crippen molar-refractivity contribution in [2.75, 3.05) is 11.9 Å². The number of carbonyl (C=O) groups is 1. The summed E-state index contributed by atoms with van der Waals surface area (Å²) in [4.78, 5) is 16.2. The Morgan fingerprint density at radius 2 is 1.88 bits per heavy atom. The highest BCUT2D eigenvalue weighted by Crippen LogP contribution is 2.24. The standard InChI is InChI=1S/C18H26N4O2/c1-5-6-7-12-19-17(23)20-14-10-8-13(9-11-14)15-21-16(24-22-15)18(2,3)4/h8-11H,5-7,12H2,1-4H3,(H2,19,20,23). The lowest BCUT2D eigenvalue weighted by Crippen LogP contribution is -2.29. The molecule has 0 spiro atoms. The van der Waals surface area contributed by atoms with Crippen molar-refractivity contribution in [3.05, 3.63) is 30.2 Å². The first-order chi connectivity index (χ1) is 11.4. The number of rotatable bonds is 6. The van der Waals surface area contributed by atoms with Crippen LogP contribution in [0.5, 0.6) is 0 Å². The van der Waals surface area contributed by atoms with Crippen molar-refractivity contribution in [1.82, 2.24) is 15.5 Å². The van der Waals surface area contributed by atoms with Crippen molar-refractivity contribution < 1.29 is 9.32 Å². The van der Waals surface area contributed by atoms with Gasteiger partial charge < -0.3 is 15.2 Å². The number of nitrogens with one attached hydrogen (secondary N) is 2. The summed E-state index contributed by atoms with van der Waals surface area (Å²) in [6.07, 6.45) is 3.25. The third-order valence-corrected chi connectivity index (χ3v) is 3.53. The first kappa shape index (κ1) is 18.0. The molecule has 1 aromatic carbocycles. The molecule has 2 amide bonds. The largest absolute Gasteiger partial charge is 0.338 e. The number of nitrogens with zero attached hydrogens (tertiary/aromatic N) is 2. The lowest BCUT2D eigenvalue weighted by Gasteiger charge is -2.10. The Hall–Kier alpha value is -2.37. The van der Waals surface area contributed by atoms with Gasteiger partial charge in [0.1, 0.15) is 0 Å². The Bertz CT molecular complexity index is 656. The quantitative estimate of drug-likeness (QED) is 0.772. The lowest BCUT2D eigenvalue weighted by atomic mass is 9.97. The molecular weight excluding hydrogens is 304 g/mol. The Balaban J connectivity index is 1.93. The monoisotopic (exact) mass is 330 g/mol. The molecular formula is C18H26N4O2. The molecule has 0 fully saturated rings. The highest BCUT2D eigenvalue weighted by atomic mass is 16.5. The first-order valence-corrected chi connectivity index (χ1v) is 8.39. The van der Waals surface area contributed by atoms with Crippen molar-refractivity contribution in [3.8, 4) is 11.4 Å². The second kappa shape index (κ2) is 7.95. The predicted molar refractivity (Wildman–Crippen MR) is 95.0 cm³/mol. The van der Waals surface area contributed by atoms with Crippen LogP contribution in [0.25, 0.3) is 11.4 Å². The molecule has 6 heteroatoms. The molecule has 24 heavy (non-hydrogen) atoms. The van der Waals surface area contributed by atoms with E-state index in [1.54, 1.807) is 0 Å². The normalized spacial score (nSPS) is 11.3. The molecule has 0 bridgehead atoms. The van der Waals surface area contributed by atoms with E-state index in [0.717, 1.165) is 30.5 Å². The van der Waals surface area contributed by atoms with E-state index in [1.165, 1.54) is 0 Å². The molecule has 0 saturated heterocycles. The van der Waals surface area contributed by atoms with Crippen molar-refractivity contribution in [2.45, 2.75) is 52.4 Å². The molecule has 6 nitrogen and oxygen atoms in total. The van der Waals surface area contributed by atoms with Gasteiger partial charge in [0.25, 0.3) is 0 Å².